The molecule has 0 unspecified atom stereocenters. The van der Waals surface area contributed by atoms with Crippen LogP contribution >= 0.6 is 11.3 Å². The second-order valence-electron chi connectivity index (χ2n) is 5.01. The molecule has 2 rings (SSSR count). The first-order valence-electron chi connectivity index (χ1n) is 5.67. The lowest BCUT2D eigenvalue weighted by atomic mass is 9.98. The van der Waals surface area contributed by atoms with E-state index in [0.717, 1.165) is 11.1 Å². The lowest BCUT2D eigenvalue weighted by molar-refractivity contribution is -0.402. The first-order valence-corrected chi connectivity index (χ1v) is 6.48. The maximum absolute atomic E-state index is 11.8. The van der Waals surface area contributed by atoms with Crippen LogP contribution in [0.3, 0.4) is 0 Å². The van der Waals surface area contributed by atoms with E-state index in [1.54, 1.807) is 0 Å². The summed E-state index contributed by atoms with van der Waals surface area (Å²) in [4.78, 5) is 21.6. The summed E-state index contributed by atoms with van der Waals surface area (Å²) < 4.78 is 4.80. The Balaban J connectivity index is 2.11. The van der Waals surface area contributed by atoms with Crippen molar-refractivity contribution in [2.45, 2.75) is 26.2 Å². The van der Waals surface area contributed by atoms with E-state index in [4.69, 9.17) is 4.42 Å². The number of nitro groups is 1. The molecule has 1 amide bonds. The molecule has 0 atom stereocenters. The zero-order valence-electron chi connectivity index (χ0n) is 11.0. The molecule has 0 aromatic carbocycles. The van der Waals surface area contributed by atoms with Crippen molar-refractivity contribution in [2.75, 3.05) is 5.32 Å². The van der Waals surface area contributed by atoms with Crippen LogP contribution < -0.4 is 5.32 Å². The van der Waals surface area contributed by atoms with Crippen molar-refractivity contribution >= 4 is 28.3 Å². The molecule has 9 heteroatoms. The molecule has 0 saturated carbocycles. The standard InChI is InChI=1S/C11H12N4O4S/c1-11(2,3)9-13-14-10(20-9)12-8(16)6-4-5-7(19-6)15(17)18/h4-5H,1-3H3,(H,12,14,16). The lowest BCUT2D eigenvalue weighted by Crippen LogP contribution is -2.10. The summed E-state index contributed by atoms with van der Waals surface area (Å²) in [7, 11) is 0. The minimum absolute atomic E-state index is 0.149. The monoisotopic (exact) mass is 296 g/mol. The molecule has 1 N–H and O–H groups in total. The van der Waals surface area contributed by atoms with Crippen LogP contribution in [0.1, 0.15) is 36.3 Å². The fraction of sp³-hybridized carbons (Fsp3) is 0.364. The van der Waals surface area contributed by atoms with Crippen molar-refractivity contribution < 1.29 is 14.1 Å². The molecular formula is C11H12N4O4S. The van der Waals surface area contributed by atoms with Gasteiger partial charge >= 0.3 is 5.88 Å². The number of rotatable bonds is 3. The summed E-state index contributed by atoms with van der Waals surface area (Å²) in [5, 5.41) is 21.9. The summed E-state index contributed by atoms with van der Waals surface area (Å²) in [5.74, 6) is -1.23. The van der Waals surface area contributed by atoms with E-state index < -0.39 is 16.7 Å². The third-order valence-corrected chi connectivity index (χ3v) is 3.55. The molecule has 2 aromatic rings. The molecular weight excluding hydrogens is 284 g/mol. The zero-order chi connectivity index (χ0) is 14.9. The number of furan rings is 1. The van der Waals surface area contributed by atoms with Gasteiger partial charge in [0.1, 0.15) is 9.93 Å². The molecule has 8 nitrogen and oxygen atoms in total. The maximum atomic E-state index is 11.8. The maximum Gasteiger partial charge on any atom is 0.433 e. The number of anilines is 1. The fourth-order valence-corrected chi connectivity index (χ4v) is 2.08. The third kappa shape index (κ3) is 2.99. The van der Waals surface area contributed by atoms with Crippen LogP contribution in [-0.4, -0.2) is 21.0 Å². The molecule has 20 heavy (non-hydrogen) atoms. The van der Waals surface area contributed by atoms with Crippen LogP contribution in [0.2, 0.25) is 0 Å². The summed E-state index contributed by atoms with van der Waals surface area (Å²) in [6, 6.07) is 2.36. The molecule has 0 saturated heterocycles. The highest BCUT2D eigenvalue weighted by Crippen LogP contribution is 2.28. The van der Waals surface area contributed by atoms with Crippen LogP contribution in [0.4, 0.5) is 11.0 Å². The average molecular weight is 296 g/mol. The Bertz CT molecular complexity index is 655. The largest absolute Gasteiger partial charge is 0.433 e. The van der Waals surface area contributed by atoms with E-state index in [9.17, 15) is 14.9 Å². The van der Waals surface area contributed by atoms with Gasteiger partial charge in [0.2, 0.25) is 5.13 Å². The molecule has 2 aromatic heterocycles. The van der Waals surface area contributed by atoms with Gasteiger partial charge in [-0.05, 0) is 6.07 Å². The number of carbonyl (C=O) groups excluding carboxylic acids is 1. The van der Waals surface area contributed by atoms with E-state index >= 15 is 0 Å². The number of hydrogen-bond acceptors (Lipinski definition) is 7. The molecule has 0 aliphatic heterocycles. The Kier molecular flexibility index (Phi) is 3.53. The second kappa shape index (κ2) is 5.00. The minimum atomic E-state index is -0.709. The average Bonchev–Trinajstić information content (AvgIpc) is 2.95. The first kappa shape index (κ1) is 14.1. The van der Waals surface area contributed by atoms with Gasteiger partial charge in [-0.2, -0.15) is 0 Å². The SMILES string of the molecule is CC(C)(C)c1nnc(NC(=O)c2ccc([N+](=O)[O-])o2)s1. The molecule has 0 spiro atoms. The summed E-state index contributed by atoms with van der Waals surface area (Å²) >= 11 is 1.25. The Morgan fingerprint density at radius 2 is 2.10 bits per heavy atom. The van der Waals surface area contributed by atoms with Gasteiger partial charge in [-0.15, -0.1) is 10.2 Å². The van der Waals surface area contributed by atoms with Gasteiger partial charge in [-0.1, -0.05) is 32.1 Å². The zero-order valence-corrected chi connectivity index (χ0v) is 11.9. The van der Waals surface area contributed by atoms with Crippen molar-refractivity contribution in [1.82, 2.24) is 10.2 Å². The van der Waals surface area contributed by atoms with Crippen molar-refractivity contribution in [2.24, 2.45) is 0 Å². The van der Waals surface area contributed by atoms with Crippen LogP contribution in [0.15, 0.2) is 16.5 Å². The van der Waals surface area contributed by atoms with Gasteiger partial charge in [-0.25, -0.2) is 0 Å². The van der Waals surface area contributed by atoms with E-state index in [-0.39, 0.29) is 11.2 Å². The van der Waals surface area contributed by atoms with Crippen LogP contribution in [0, 0.1) is 10.1 Å². The summed E-state index contributed by atoms with van der Waals surface area (Å²) in [6.07, 6.45) is 0. The number of hydrogen-bond donors (Lipinski definition) is 1. The third-order valence-electron chi connectivity index (χ3n) is 2.28. The number of aromatic nitrogens is 2. The quantitative estimate of drug-likeness (QED) is 0.688. The predicted octanol–water partition coefficient (Wildman–Crippen LogP) is 2.59. The Labute approximate surface area is 118 Å². The molecule has 0 aliphatic rings. The smallest absolute Gasteiger partial charge is 0.395 e. The summed E-state index contributed by atoms with van der Waals surface area (Å²) in [6.45, 7) is 5.94. The van der Waals surface area contributed by atoms with Crippen LogP contribution in [0.5, 0.6) is 0 Å². The van der Waals surface area contributed by atoms with E-state index in [2.05, 4.69) is 15.5 Å². The van der Waals surface area contributed by atoms with Gasteiger partial charge in [0.15, 0.2) is 5.76 Å². The first-order chi connectivity index (χ1) is 9.27. The number of nitrogens with one attached hydrogen (secondary N) is 1. The highest BCUT2D eigenvalue weighted by atomic mass is 32.1. The predicted molar refractivity (Wildman–Crippen MR) is 71.9 cm³/mol. The van der Waals surface area contributed by atoms with E-state index in [0.29, 0.717) is 5.13 Å². The van der Waals surface area contributed by atoms with Crippen LogP contribution in [-0.2, 0) is 5.41 Å². The number of amides is 1. The molecule has 0 bridgehead atoms. The molecule has 0 radical (unpaired) electrons. The highest BCUT2D eigenvalue weighted by Gasteiger charge is 2.22. The van der Waals surface area contributed by atoms with Crippen molar-refractivity contribution in [3.05, 3.63) is 33.0 Å². The van der Waals surface area contributed by atoms with Gasteiger partial charge in [0.25, 0.3) is 5.91 Å². The van der Waals surface area contributed by atoms with Crippen molar-refractivity contribution in [3.8, 4) is 0 Å². The molecule has 106 valence electrons. The van der Waals surface area contributed by atoms with Gasteiger partial charge < -0.3 is 4.42 Å². The van der Waals surface area contributed by atoms with Gasteiger partial charge in [0, 0.05) is 5.41 Å². The Hall–Kier alpha value is -2.29. The number of nitrogens with zero attached hydrogens (tertiary/aromatic N) is 3. The van der Waals surface area contributed by atoms with Gasteiger partial charge in [0.05, 0.1) is 6.07 Å². The Morgan fingerprint density at radius 3 is 2.60 bits per heavy atom. The van der Waals surface area contributed by atoms with E-state index in [1.807, 2.05) is 20.8 Å². The Morgan fingerprint density at radius 1 is 1.40 bits per heavy atom. The molecule has 0 fully saturated rings. The minimum Gasteiger partial charge on any atom is -0.395 e. The fourth-order valence-electron chi connectivity index (χ4n) is 1.28. The molecule has 0 aliphatic carbocycles. The second-order valence-corrected chi connectivity index (χ2v) is 5.99. The van der Waals surface area contributed by atoms with Gasteiger partial charge in [-0.3, -0.25) is 20.2 Å². The highest BCUT2D eigenvalue weighted by molar-refractivity contribution is 7.15. The van der Waals surface area contributed by atoms with Crippen LogP contribution in [0.25, 0.3) is 0 Å². The summed E-state index contributed by atoms with van der Waals surface area (Å²) in [5.41, 5.74) is -0.163. The topological polar surface area (TPSA) is 111 Å². The van der Waals surface area contributed by atoms with Crippen molar-refractivity contribution in [1.29, 1.82) is 0 Å². The van der Waals surface area contributed by atoms with E-state index in [1.165, 1.54) is 17.4 Å². The molecule has 2 heterocycles. The number of carbonyl (C=O) groups is 1. The normalized spacial score (nSPS) is 11.3. The lowest BCUT2D eigenvalue weighted by Gasteiger charge is -2.12. The van der Waals surface area contributed by atoms with Crippen molar-refractivity contribution in [3.63, 3.8) is 0 Å².